The number of aromatic nitrogens is 3. The highest BCUT2D eigenvalue weighted by molar-refractivity contribution is 6.31. The van der Waals surface area contributed by atoms with E-state index in [2.05, 4.69) is 27.5 Å². The zero-order valence-electron chi connectivity index (χ0n) is 12.4. The Morgan fingerprint density at radius 3 is 2.61 bits per heavy atom. The highest BCUT2D eigenvalue weighted by Gasteiger charge is 2.31. The number of hydrogen-bond donors (Lipinski definition) is 2. The smallest absolute Gasteiger partial charge is 0.241 e. The molecular weight excluding hydrogens is 310 g/mol. The Labute approximate surface area is 139 Å². The van der Waals surface area contributed by atoms with Crippen molar-refractivity contribution >= 4 is 23.5 Å². The summed E-state index contributed by atoms with van der Waals surface area (Å²) in [5.41, 5.74) is 8.04. The first kappa shape index (κ1) is 14.1. The first-order valence-corrected chi connectivity index (χ1v) is 7.88. The number of nitrogens with one attached hydrogen (secondary N) is 1. The minimum Gasteiger partial charge on any atom is -0.366 e. The fourth-order valence-corrected chi connectivity index (χ4v) is 3.36. The van der Waals surface area contributed by atoms with Gasteiger partial charge in [0.1, 0.15) is 0 Å². The Morgan fingerprint density at radius 1 is 1.09 bits per heavy atom. The maximum atomic E-state index is 6.41. The standard InChI is InChI=1S/C17H16ClN5/c18-13-9-5-4-8-12(13)15-10-14(11-6-2-1-3-7-11)20-17-21-16(19)22-23(15)17/h1-9,14-15H,10H2,(H3,19,20,21,22). The molecule has 2 atom stereocenters. The highest BCUT2D eigenvalue weighted by Crippen LogP contribution is 2.39. The van der Waals surface area contributed by atoms with Crippen molar-refractivity contribution in [3.63, 3.8) is 0 Å². The van der Waals surface area contributed by atoms with Gasteiger partial charge in [-0.25, -0.2) is 4.68 Å². The molecule has 0 fully saturated rings. The summed E-state index contributed by atoms with van der Waals surface area (Å²) in [5.74, 6) is 0.936. The lowest BCUT2D eigenvalue weighted by Gasteiger charge is -2.32. The van der Waals surface area contributed by atoms with Gasteiger partial charge in [-0.3, -0.25) is 0 Å². The molecule has 3 aromatic rings. The molecule has 116 valence electrons. The van der Waals surface area contributed by atoms with E-state index in [4.69, 9.17) is 17.3 Å². The molecule has 23 heavy (non-hydrogen) atoms. The van der Waals surface area contributed by atoms with E-state index in [0.29, 0.717) is 5.95 Å². The average Bonchev–Trinajstić information content (AvgIpc) is 2.95. The third-order valence-corrected chi connectivity index (χ3v) is 4.52. The lowest BCUT2D eigenvalue weighted by atomic mass is 9.93. The van der Waals surface area contributed by atoms with Gasteiger partial charge in [-0.2, -0.15) is 4.98 Å². The zero-order valence-corrected chi connectivity index (χ0v) is 13.1. The number of rotatable bonds is 2. The normalized spacial score (nSPS) is 19.9. The van der Waals surface area contributed by atoms with E-state index in [1.165, 1.54) is 5.56 Å². The van der Waals surface area contributed by atoms with Gasteiger partial charge in [0.05, 0.1) is 12.1 Å². The molecule has 2 unspecified atom stereocenters. The van der Waals surface area contributed by atoms with Crippen molar-refractivity contribution in [2.24, 2.45) is 0 Å². The van der Waals surface area contributed by atoms with Crippen LogP contribution in [0.3, 0.4) is 0 Å². The van der Waals surface area contributed by atoms with Crippen molar-refractivity contribution in [3.05, 3.63) is 70.7 Å². The SMILES string of the molecule is Nc1nc2n(n1)C(c1ccccc1Cl)CC(c1ccccc1)N2. The Kier molecular flexibility index (Phi) is 3.42. The molecule has 5 nitrogen and oxygen atoms in total. The Bertz CT molecular complexity index is 830. The molecule has 3 N–H and O–H groups in total. The number of halogens is 1. The van der Waals surface area contributed by atoms with Gasteiger partial charge in [-0.1, -0.05) is 60.1 Å². The largest absolute Gasteiger partial charge is 0.366 e. The molecule has 0 amide bonds. The number of fused-ring (bicyclic) bond motifs is 1. The van der Waals surface area contributed by atoms with Gasteiger partial charge < -0.3 is 11.1 Å². The van der Waals surface area contributed by atoms with Crippen LogP contribution in [0.5, 0.6) is 0 Å². The molecule has 1 aliphatic rings. The quantitative estimate of drug-likeness (QED) is 0.754. The van der Waals surface area contributed by atoms with E-state index in [-0.39, 0.29) is 18.0 Å². The van der Waals surface area contributed by atoms with Crippen LogP contribution in [0.1, 0.15) is 29.6 Å². The van der Waals surface area contributed by atoms with Crippen molar-refractivity contribution < 1.29 is 0 Å². The molecule has 0 saturated heterocycles. The highest BCUT2D eigenvalue weighted by atomic mass is 35.5. The molecule has 1 aromatic heterocycles. The monoisotopic (exact) mass is 325 g/mol. The first-order valence-electron chi connectivity index (χ1n) is 7.50. The molecule has 0 bridgehead atoms. The molecule has 6 heteroatoms. The molecule has 2 aromatic carbocycles. The predicted octanol–water partition coefficient (Wildman–Crippen LogP) is 3.66. The molecule has 0 saturated carbocycles. The van der Waals surface area contributed by atoms with E-state index >= 15 is 0 Å². The number of hydrogen-bond acceptors (Lipinski definition) is 4. The van der Waals surface area contributed by atoms with Crippen molar-refractivity contribution in [1.29, 1.82) is 0 Å². The van der Waals surface area contributed by atoms with Crippen LogP contribution in [-0.4, -0.2) is 14.8 Å². The van der Waals surface area contributed by atoms with Gasteiger partial charge in [-0.05, 0) is 23.6 Å². The van der Waals surface area contributed by atoms with Gasteiger partial charge in [-0.15, -0.1) is 5.10 Å². The second-order valence-electron chi connectivity index (χ2n) is 5.62. The summed E-state index contributed by atoms with van der Waals surface area (Å²) in [6.45, 7) is 0. The van der Waals surface area contributed by atoms with Gasteiger partial charge in [0.15, 0.2) is 0 Å². The van der Waals surface area contributed by atoms with E-state index in [0.717, 1.165) is 17.0 Å². The Hall–Kier alpha value is -2.53. The molecular formula is C17H16ClN5. The van der Waals surface area contributed by atoms with Crippen molar-refractivity contribution in [3.8, 4) is 0 Å². The number of benzene rings is 2. The third-order valence-electron chi connectivity index (χ3n) is 4.17. The van der Waals surface area contributed by atoms with Crippen molar-refractivity contribution in [2.75, 3.05) is 11.1 Å². The molecule has 2 heterocycles. The molecule has 0 aliphatic carbocycles. The van der Waals surface area contributed by atoms with E-state index < -0.39 is 0 Å². The Balaban J connectivity index is 1.80. The number of nitrogens with zero attached hydrogens (tertiary/aromatic N) is 3. The fourth-order valence-electron chi connectivity index (χ4n) is 3.10. The molecule has 0 spiro atoms. The third kappa shape index (κ3) is 2.53. The van der Waals surface area contributed by atoms with E-state index in [1.54, 1.807) is 0 Å². The summed E-state index contributed by atoms with van der Waals surface area (Å²) in [5, 5.41) is 8.49. The van der Waals surface area contributed by atoms with E-state index in [1.807, 2.05) is 47.1 Å². The van der Waals surface area contributed by atoms with Crippen LogP contribution in [0.15, 0.2) is 54.6 Å². The summed E-state index contributed by atoms with van der Waals surface area (Å²) >= 11 is 6.41. The van der Waals surface area contributed by atoms with Crippen molar-refractivity contribution in [2.45, 2.75) is 18.5 Å². The number of nitrogens with two attached hydrogens (primary N) is 1. The zero-order chi connectivity index (χ0) is 15.8. The number of anilines is 2. The van der Waals surface area contributed by atoms with Crippen LogP contribution in [0.4, 0.5) is 11.9 Å². The summed E-state index contributed by atoms with van der Waals surface area (Å²) in [4.78, 5) is 4.31. The molecule has 1 aliphatic heterocycles. The van der Waals surface area contributed by atoms with Gasteiger partial charge in [0.2, 0.25) is 11.9 Å². The maximum absolute atomic E-state index is 6.41. The van der Waals surface area contributed by atoms with E-state index in [9.17, 15) is 0 Å². The fraction of sp³-hybridized carbons (Fsp3) is 0.176. The second kappa shape index (κ2) is 5.59. The number of nitrogen functional groups attached to an aromatic ring is 1. The van der Waals surface area contributed by atoms with Crippen LogP contribution in [-0.2, 0) is 0 Å². The van der Waals surface area contributed by atoms with Crippen LogP contribution in [0.25, 0.3) is 0 Å². The Morgan fingerprint density at radius 2 is 1.83 bits per heavy atom. The minimum absolute atomic E-state index is 0.00467. The van der Waals surface area contributed by atoms with Crippen LogP contribution < -0.4 is 11.1 Å². The van der Waals surface area contributed by atoms with Gasteiger partial charge in [0.25, 0.3) is 0 Å². The molecule has 0 radical (unpaired) electrons. The first-order chi connectivity index (χ1) is 11.2. The van der Waals surface area contributed by atoms with Gasteiger partial charge >= 0.3 is 0 Å². The lowest BCUT2D eigenvalue weighted by molar-refractivity contribution is 0.431. The van der Waals surface area contributed by atoms with Crippen LogP contribution >= 0.6 is 11.6 Å². The van der Waals surface area contributed by atoms with Crippen LogP contribution in [0.2, 0.25) is 5.02 Å². The molecule has 4 rings (SSSR count). The second-order valence-corrected chi connectivity index (χ2v) is 6.03. The lowest BCUT2D eigenvalue weighted by Crippen LogP contribution is -2.28. The summed E-state index contributed by atoms with van der Waals surface area (Å²) in [6.07, 6.45) is 0.823. The van der Waals surface area contributed by atoms with Gasteiger partial charge in [0, 0.05) is 5.02 Å². The topological polar surface area (TPSA) is 68.8 Å². The summed E-state index contributed by atoms with van der Waals surface area (Å²) in [6, 6.07) is 18.3. The van der Waals surface area contributed by atoms with Crippen LogP contribution in [0, 0.1) is 0 Å². The van der Waals surface area contributed by atoms with Crippen molar-refractivity contribution in [1.82, 2.24) is 14.8 Å². The summed E-state index contributed by atoms with van der Waals surface area (Å²) < 4.78 is 1.83. The minimum atomic E-state index is -0.00467. The maximum Gasteiger partial charge on any atom is 0.241 e. The summed E-state index contributed by atoms with van der Waals surface area (Å²) in [7, 11) is 0. The predicted molar refractivity (Wildman–Crippen MR) is 91.4 cm³/mol. The average molecular weight is 326 g/mol.